The van der Waals surface area contributed by atoms with Crippen LogP contribution in [0.1, 0.15) is 32.4 Å². The number of nitrogens with one attached hydrogen (secondary N) is 2. The van der Waals surface area contributed by atoms with E-state index < -0.39 is 0 Å². The van der Waals surface area contributed by atoms with Crippen molar-refractivity contribution in [3.05, 3.63) is 47.2 Å². The molecule has 1 aliphatic heterocycles. The van der Waals surface area contributed by atoms with Gasteiger partial charge in [-0.2, -0.15) is 5.26 Å². The Kier molecular flexibility index (Phi) is 4.45. The van der Waals surface area contributed by atoms with Crippen LogP contribution in [-0.4, -0.2) is 23.1 Å². The van der Waals surface area contributed by atoms with Gasteiger partial charge in [0.25, 0.3) is 0 Å². The molecule has 6 heteroatoms. The summed E-state index contributed by atoms with van der Waals surface area (Å²) < 4.78 is 0. The molecule has 0 amide bonds. The Morgan fingerprint density at radius 3 is 2.74 bits per heavy atom. The molecule has 0 unspecified atom stereocenters. The van der Waals surface area contributed by atoms with E-state index in [-0.39, 0.29) is 0 Å². The van der Waals surface area contributed by atoms with Crippen LogP contribution in [0.15, 0.2) is 36.5 Å². The Labute approximate surface area is 164 Å². The van der Waals surface area contributed by atoms with Gasteiger partial charge in [0.2, 0.25) is 0 Å². The minimum absolute atomic E-state index is 0.380. The highest BCUT2D eigenvalue weighted by Gasteiger charge is 2.26. The van der Waals surface area contributed by atoms with Crippen LogP contribution in [-0.2, 0) is 0 Å². The normalized spacial score (nSPS) is 16.3. The first-order valence-electron chi connectivity index (χ1n) is 9.14. The van der Waals surface area contributed by atoms with Gasteiger partial charge in [-0.05, 0) is 42.5 Å². The number of hydrogen-bond acceptors (Lipinski definition) is 4. The number of hydrogen-bond donors (Lipinski definition) is 2. The van der Waals surface area contributed by atoms with Gasteiger partial charge in [0.15, 0.2) is 0 Å². The van der Waals surface area contributed by atoms with Gasteiger partial charge >= 0.3 is 0 Å². The van der Waals surface area contributed by atoms with E-state index in [1.165, 1.54) is 0 Å². The number of anilines is 3. The Hall–Kier alpha value is -2.71. The maximum Gasteiger partial charge on any atom is 0.144 e. The second-order valence-electron chi connectivity index (χ2n) is 7.88. The van der Waals surface area contributed by atoms with Crippen molar-refractivity contribution >= 4 is 39.7 Å². The lowest BCUT2D eigenvalue weighted by atomic mass is 9.82. The summed E-state index contributed by atoms with van der Waals surface area (Å²) in [5.74, 6) is 0.649. The summed E-state index contributed by atoms with van der Waals surface area (Å²) in [6.45, 7) is 6.60. The molecule has 0 spiro atoms. The molecule has 0 atom stereocenters. The van der Waals surface area contributed by atoms with Gasteiger partial charge in [0, 0.05) is 47.6 Å². The van der Waals surface area contributed by atoms with Crippen LogP contribution < -0.4 is 10.2 Å². The van der Waals surface area contributed by atoms with Gasteiger partial charge in [-0.15, -0.1) is 0 Å². The maximum absolute atomic E-state index is 9.41. The average molecular weight is 380 g/mol. The smallest absolute Gasteiger partial charge is 0.144 e. The molecule has 2 N–H and O–H groups in total. The molecular weight excluding hydrogens is 358 g/mol. The van der Waals surface area contributed by atoms with Gasteiger partial charge in [0.1, 0.15) is 17.6 Å². The van der Waals surface area contributed by atoms with Crippen molar-refractivity contribution in [2.45, 2.75) is 26.7 Å². The van der Waals surface area contributed by atoms with Crippen molar-refractivity contribution in [2.75, 3.05) is 23.3 Å². The number of piperidine rings is 1. The van der Waals surface area contributed by atoms with E-state index in [1.807, 2.05) is 36.5 Å². The number of aromatic amines is 1. The highest BCUT2D eigenvalue weighted by atomic mass is 35.5. The number of aromatic nitrogens is 2. The number of H-pyrrole nitrogens is 1. The minimum atomic E-state index is 0.380. The topological polar surface area (TPSA) is 67.7 Å². The van der Waals surface area contributed by atoms with Gasteiger partial charge in [-0.3, -0.25) is 0 Å². The van der Waals surface area contributed by atoms with Crippen molar-refractivity contribution in [1.29, 1.82) is 5.26 Å². The molecule has 1 aliphatic rings. The molecule has 0 saturated carbocycles. The number of halogens is 1. The molecule has 1 aromatic carbocycles. The summed E-state index contributed by atoms with van der Waals surface area (Å²) >= 11 is 6.37. The molecule has 4 rings (SSSR count). The number of fused-ring (bicyclic) bond motifs is 1. The Bertz CT molecular complexity index is 1020. The quantitative estimate of drug-likeness (QED) is 0.634. The van der Waals surface area contributed by atoms with Crippen LogP contribution in [0, 0.1) is 16.7 Å². The Morgan fingerprint density at radius 2 is 2.00 bits per heavy atom. The zero-order valence-corrected chi connectivity index (χ0v) is 16.3. The third kappa shape index (κ3) is 3.72. The molecule has 3 heterocycles. The predicted octanol–water partition coefficient (Wildman–Crippen LogP) is 5.46. The standard InChI is InChI=1S/C21H22ClN5/c1-21(2)4-7-27(8-5-21)16-9-15(13-23)26-20(12-16)25-14-10-18(22)17-3-6-24-19(17)11-14/h3,6,9-12,24H,4-5,7-8H2,1-2H3,(H,25,26). The van der Waals surface area contributed by atoms with E-state index in [0.717, 1.165) is 48.2 Å². The van der Waals surface area contributed by atoms with E-state index in [4.69, 9.17) is 11.6 Å². The number of nitriles is 1. The van der Waals surface area contributed by atoms with Gasteiger partial charge < -0.3 is 15.2 Å². The highest BCUT2D eigenvalue weighted by molar-refractivity contribution is 6.35. The van der Waals surface area contributed by atoms with E-state index in [2.05, 4.69) is 40.1 Å². The third-order valence-corrected chi connectivity index (χ3v) is 5.61. The first kappa shape index (κ1) is 17.7. The first-order valence-corrected chi connectivity index (χ1v) is 9.52. The van der Waals surface area contributed by atoms with Gasteiger partial charge in [-0.25, -0.2) is 4.98 Å². The van der Waals surface area contributed by atoms with Crippen molar-refractivity contribution in [2.24, 2.45) is 5.41 Å². The van der Waals surface area contributed by atoms with Gasteiger partial charge in [0.05, 0.1) is 5.02 Å². The molecule has 0 bridgehead atoms. The van der Waals surface area contributed by atoms with E-state index >= 15 is 0 Å². The molecule has 138 valence electrons. The molecule has 1 saturated heterocycles. The zero-order chi connectivity index (χ0) is 19.0. The summed E-state index contributed by atoms with van der Waals surface area (Å²) in [6.07, 6.45) is 4.14. The monoisotopic (exact) mass is 379 g/mol. The molecule has 0 radical (unpaired) electrons. The molecule has 27 heavy (non-hydrogen) atoms. The fraction of sp³-hybridized carbons (Fsp3) is 0.333. The second-order valence-corrected chi connectivity index (χ2v) is 8.29. The van der Waals surface area contributed by atoms with E-state index in [1.54, 1.807) is 0 Å². The first-order chi connectivity index (χ1) is 12.9. The zero-order valence-electron chi connectivity index (χ0n) is 15.5. The SMILES string of the molecule is CC1(C)CCN(c2cc(C#N)nc(Nc3cc(Cl)c4cc[nH]c4c3)c2)CC1. The lowest BCUT2D eigenvalue weighted by Gasteiger charge is -2.38. The Balaban J connectivity index is 1.63. The number of pyridine rings is 1. The fourth-order valence-electron chi connectivity index (χ4n) is 3.53. The summed E-state index contributed by atoms with van der Waals surface area (Å²) in [6, 6.07) is 11.9. The second kappa shape index (κ2) is 6.79. The predicted molar refractivity (Wildman–Crippen MR) is 111 cm³/mol. The molecule has 5 nitrogen and oxygen atoms in total. The summed E-state index contributed by atoms with van der Waals surface area (Å²) in [4.78, 5) is 9.92. The van der Waals surface area contributed by atoms with Crippen LogP contribution in [0.3, 0.4) is 0 Å². The molecule has 2 aromatic heterocycles. The minimum Gasteiger partial charge on any atom is -0.371 e. The van der Waals surface area contributed by atoms with Crippen molar-refractivity contribution < 1.29 is 0 Å². The lowest BCUT2D eigenvalue weighted by molar-refractivity contribution is 0.280. The summed E-state index contributed by atoms with van der Waals surface area (Å²) in [5, 5.41) is 14.4. The summed E-state index contributed by atoms with van der Waals surface area (Å²) in [7, 11) is 0. The largest absolute Gasteiger partial charge is 0.371 e. The van der Waals surface area contributed by atoms with Crippen LogP contribution in [0.5, 0.6) is 0 Å². The van der Waals surface area contributed by atoms with E-state index in [9.17, 15) is 5.26 Å². The number of benzene rings is 1. The van der Waals surface area contributed by atoms with Crippen LogP contribution in [0.2, 0.25) is 5.02 Å². The number of rotatable bonds is 3. The van der Waals surface area contributed by atoms with E-state index in [0.29, 0.717) is 21.9 Å². The number of nitrogens with zero attached hydrogens (tertiary/aromatic N) is 3. The molecule has 0 aliphatic carbocycles. The van der Waals surface area contributed by atoms with Crippen molar-refractivity contribution in [3.63, 3.8) is 0 Å². The van der Waals surface area contributed by atoms with Crippen molar-refractivity contribution in [1.82, 2.24) is 9.97 Å². The van der Waals surface area contributed by atoms with Crippen LogP contribution in [0.25, 0.3) is 10.9 Å². The highest BCUT2D eigenvalue weighted by Crippen LogP contribution is 2.34. The molecule has 1 fully saturated rings. The maximum atomic E-state index is 9.41. The Morgan fingerprint density at radius 1 is 1.22 bits per heavy atom. The van der Waals surface area contributed by atoms with Gasteiger partial charge in [-0.1, -0.05) is 25.4 Å². The summed E-state index contributed by atoms with van der Waals surface area (Å²) in [5.41, 5.74) is 3.62. The lowest BCUT2D eigenvalue weighted by Crippen LogP contribution is -2.37. The fourth-order valence-corrected chi connectivity index (χ4v) is 3.81. The third-order valence-electron chi connectivity index (χ3n) is 5.30. The van der Waals surface area contributed by atoms with Crippen molar-refractivity contribution in [3.8, 4) is 6.07 Å². The molecular formula is C21H22ClN5. The van der Waals surface area contributed by atoms with Crippen LogP contribution >= 0.6 is 11.6 Å². The average Bonchev–Trinajstić information content (AvgIpc) is 3.10. The molecule has 3 aromatic rings. The van der Waals surface area contributed by atoms with Crippen LogP contribution in [0.4, 0.5) is 17.2 Å².